The molecule has 8 nitrogen and oxygen atoms in total. The van der Waals surface area contributed by atoms with E-state index < -0.39 is 22.4 Å². The van der Waals surface area contributed by atoms with E-state index in [1.807, 2.05) is 0 Å². The maximum atomic E-state index is 12.9. The van der Waals surface area contributed by atoms with Crippen LogP contribution in [0, 0.1) is 15.9 Å². The third kappa shape index (κ3) is 2.83. The number of nitrogens with zero attached hydrogens (tertiary/aromatic N) is 3. The number of aromatic nitrogens is 2. The largest absolute Gasteiger partial charge is 0.478 e. The highest BCUT2D eigenvalue weighted by molar-refractivity contribution is 5.86. The van der Waals surface area contributed by atoms with E-state index in [0.29, 0.717) is 6.07 Å². The average Bonchev–Trinajstić information content (AvgIpc) is 2.41. The lowest BCUT2D eigenvalue weighted by molar-refractivity contribution is -0.385. The van der Waals surface area contributed by atoms with Crippen molar-refractivity contribution in [2.75, 3.05) is 0 Å². The zero-order valence-electron chi connectivity index (χ0n) is 9.69. The summed E-state index contributed by atoms with van der Waals surface area (Å²) in [7, 11) is 0. The number of carbonyl (C=O) groups is 1. The lowest BCUT2D eigenvalue weighted by atomic mass is 10.3. The van der Waals surface area contributed by atoms with E-state index in [0.717, 1.165) is 24.5 Å². The second-order valence-electron chi connectivity index (χ2n) is 3.53. The Labute approximate surface area is 110 Å². The number of carboxylic acid groups (broad SMARTS) is 1. The summed E-state index contributed by atoms with van der Waals surface area (Å²) in [6, 6.07) is 2.45. The number of halogens is 1. The van der Waals surface area contributed by atoms with E-state index in [9.17, 15) is 19.3 Å². The van der Waals surface area contributed by atoms with Gasteiger partial charge >= 0.3 is 17.7 Å². The molecule has 0 radical (unpaired) electrons. The van der Waals surface area contributed by atoms with Crippen molar-refractivity contribution in [3.8, 4) is 11.8 Å². The van der Waals surface area contributed by atoms with Crippen LogP contribution in [0.3, 0.4) is 0 Å². The molecule has 0 aliphatic carbocycles. The van der Waals surface area contributed by atoms with E-state index in [2.05, 4.69) is 9.97 Å². The molecule has 1 N–H and O–H groups in total. The van der Waals surface area contributed by atoms with Gasteiger partial charge in [0, 0.05) is 12.4 Å². The molecule has 0 bridgehead atoms. The van der Waals surface area contributed by atoms with Crippen molar-refractivity contribution >= 4 is 11.7 Å². The number of nitro groups is 1. The molecule has 1 aromatic carbocycles. The number of hydrogen-bond donors (Lipinski definition) is 1. The highest BCUT2D eigenvalue weighted by Gasteiger charge is 2.18. The quantitative estimate of drug-likeness (QED) is 0.672. The molecule has 2 rings (SSSR count). The highest BCUT2D eigenvalue weighted by atomic mass is 19.1. The molecule has 0 fully saturated rings. The molecule has 0 aliphatic rings. The second-order valence-corrected chi connectivity index (χ2v) is 3.53. The molecular weight excluding hydrogens is 273 g/mol. The zero-order valence-corrected chi connectivity index (χ0v) is 9.69. The van der Waals surface area contributed by atoms with Crippen molar-refractivity contribution in [3.63, 3.8) is 0 Å². The Morgan fingerprint density at radius 2 is 2.00 bits per heavy atom. The minimum atomic E-state index is -1.22. The molecule has 0 atom stereocenters. The first kappa shape index (κ1) is 13.3. The molecule has 0 saturated heterocycles. The van der Waals surface area contributed by atoms with Gasteiger partial charge in [0.2, 0.25) is 5.75 Å². The van der Waals surface area contributed by atoms with E-state index in [1.165, 1.54) is 0 Å². The van der Waals surface area contributed by atoms with Crippen LogP contribution in [-0.4, -0.2) is 26.0 Å². The van der Waals surface area contributed by atoms with Crippen LogP contribution < -0.4 is 4.74 Å². The summed E-state index contributed by atoms with van der Waals surface area (Å²) in [5.41, 5.74) is -0.748. The lowest BCUT2D eigenvalue weighted by Gasteiger charge is -2.04. The first-order valence-corrected chi connectivity index (χ1v) is 5.14. The van der Waals surface area contributed by atoms with Crippen molar-refractivity contribution in [2.45, 2.75) is 0 Å². The van der Waals surface area contributed by atoms with Crippen LogP contribution in [0.2, 0.25) is 0 Å². The predicted molar refractivity (Wildman–Crippen MR) is 62.1 cm³/mol. The van der Waals surface area contributed by atoms with Crippen molar-refractivity contribution in [1.82, 2.24) is 9.97 Å². The van der Waals surface area contributed by atoms with E-state index in [1.54, 1.807) is 0 Å². The Hall–Kier alpha value is -3.10. The predicted octanol–water partition coefficient (Wildman–Crippen LogP) is 2.01. The first-order chi connectivity index (χ1) is 9.47. The van der Waals surface area contributed by atoms with E-state index in [4.69, 9.17) is 9.84 Å². The van der Waals surface area contributed by atoms with Crippen LogP contribution in [0.4, 0.5) is 10.1 Å². The maximum Gasteiger partial charge on any atom is 0.338 e. The molecule has 102 valence electrons. The molecule has 0 spiro atoms. The van der Waals surface area contributed by atoms with Gasteiger partial charge in [0.05, 0.1) is 16.6 Å². The number of ether oxygens (including phenoxy) is 1. The lowest BCUT2D eigenvalue weighted by Crippen LogP contribution is -2.01. The van der Waals surface area contributed by atoms with Gasteiger partial charge in [-0.3, -0.25) is 10.1 Å². The summed E-state index contributed by atoms with van der Waals surface area (Å²) >= 11 is 0. The van der Waals surface area contributed by atoms with Gasteiger partial charge in [-0.25, -0.2) is 19.2 Å². The fourth-order valence-corrected chi connectivity index (χ4v) is 1.30. The fraction of sp³-hybridized carbons (Fsp3) is 0. The third-order valence-electron chi connectivity index (χ3n) is 2.19. The third-order valence-corrected chi connectivity index (χ3v) is 2.19. The van der Waals surface area contributed by atoms with Crippen molar-refractivity contribution < 1.29 is 24.0 Å². The molecule has 1 aromatic heterocycles. The van der Waals surface area contributed by atoms with Crippen LogP contribution in [0.5, 0.6) is 11.8 Å². The van der Waals surface area contributed by atoms with Crippen molar-refractivity contribution in [2.24, 2.45) is 0 Å². The van der Waals surface area contributed by atoms with Gasteiger partial charge in [0.15, 0.2) is 0 Å². The minimum absolute atomic E-state index is 0.161. The highest BCUT2D eigenvalue weighted by Crippen LogP contribution is 2.30. The Bertz CT molecular complexity index is 674. The van der Waals surface area contributed by atoms with Crippen LogP contribution in [0.1, 0.15) is 10.4 Å². The molecule has 0 saturated carbocycles. The summed E-state index contributed by atoms with van der Waals surface area (Å²) in [5, 5.41) is 19.4. The Balaban J connectivity index is 2.30. The second kappa shape index (κ2) is 5.26. The SMILES string of the molecule is O=C(O)c1cnc(Oc2ccc(F)cc2[N+](=O)[O-])nc1. The minimum Gasteiger partial charge on any atom is -0.478 e. The maximum absolute atomic E-state index is 12.9. The number of benzene rings is 1. The van der Waals surface area contributed by atoms with Crippen LogP contribution in [-0.2, 0) is 0 Å². The normalized spacial score (nSPS) is 10.1. The summed E-state index contributed by atoms with van der Waals surface area (Å²) in [4.78, 5) is 27.7. The Morgan fingerprint density at radius 3 is 2.55 bits per heavy atom. The zero-order chi connectivity index (χ0) is 14.7. The molecule has 20 heavy (non-hydrogen) atoms. The van der Waals surface area contributed by atoms with Gasteiger partial charge in [0.25, 0.3) is 0 Å². The molecule has 1 heterocycles. The molecule has 0 unspecified atom stereocenters. The number of rotatable bonds is 4. The Kier molecular flexibility index (Phi) is 3.51. The first-order valence-electron chi connectivity index (χ1n) is 5.14. The van der Waals surface area contributed by atoms with Gasteiger partial charge < -0.3 is 9.84 Å². The van der Waals surface area contributed by atoms with Crippen LogP contribution in [0.25, 0.3) is 0 Å². The van der Waals surface area contributed by atoms with Crippen molar-refractivity contribution in [1.29, 1.82) is 0 Å². The van der Waals surface area contributed by atoms with Crippen LogP contribution >= 0.6 is 0 Å². The number of carboxylic acids is 1. The standard InChI is InChI=1S/C11H6FN3O5/c12-7-1-2-9(8(3-7)15(18)19)20-11-13-4-6(5-14-11)10(16)17/h1-5H,(H,16,17). The van der Waals surface area contributed by atoms with Crippen molar-refractivity contribution in [3.05, 3.63) is 52.1 Å². The number of aromatic carboxylic acids is 1. The molecular formula is C11H6FN3O5. The van der Waals surface area contributed by atoms with Gasteiger partial charge in [-0.2, -0.15) is 0 Å². The van der Waals surface area contributed by atoms with Gasteiger partial charge in [-0.15, -0.1) is 0 Å². The molecule has 0 aliphatic heterocycles. The smallest absolute Gasteiger partial charge is 0.338 e. The molecule has 9 heteroatoms. The van der Waals surface area contributed by atoms with Crippen LogP contribution in [0.15, 0.2) is 30.6 Å². The van der Waals surface area contributed by atoms with Gasteiger partial charge in [0.1, 0.15) is 5.82 Å². The summed E-state index contributed by atoms with van der Waals surface area (Å²) in [6.45, 7) is 0. The monoisotopic (exact) mass is 279 g/mol. The number of hydrogen-bond acceptors (Lipinski definition) is 6. The fourth-order valence-electron chi connectivity index (χ4n) is 1.30. The Morgan fingerprint density at radius 1 is 1.35 bits per heavy atom. The van der Waals surface area contributed by atoms with Gasteiger partial charge in [-0.1, -0.05) is 0 Å². The van der Waals surface area contributed by atoms with E-state index >= 15 is 0 Å². The summed E-state index contributed by atoms with van der Waals surface area (Å²) < 4.78 is 18.0. The topological polar surface area (TPSA) is 115 Å². The average molecular weight is 279 g/mol. The summed E-state index contributed by atoms with van der Waals surface area (Å²) in [6.07, 6.45) is 1.97. The summed E-state index contributed by atoms with van der Waals surface area (Å²) in [5.74, 6) is -2.25. The molecule has 0 amide bonds. The van der Waals surface area contributed by atoms with E-state index in [-0.39, 0.29) is 17.3 Å². The van der Waals surface area contributed by atoms with Gasteiger partial charge in [-0.05, 0) is 12.1 Å². The number of nitro benzene ring substituents is 1. The molecule has 2 aromatic rings.